The summed E-state index contributed by atoms with van der Waals surface area (Å²) in [6.45, 7) is 2.39. The molecule has 0 fully saturated rings. The predicted molar refractivity (Wildman–Crippen MR) is 135 cm³/mol. The van der Waals surface area contributed by atoms with E-state index in [4.69, 9.17) is 9.47 Å². The first-order valence-electron chi connectivity index (χ1n) is 11.0. The number of nitro groups is 1. The molecule has 36 heavy (non-hydrogen) atoms. The van der Waals surface area contributed by atoms with Crippen molar-refractivity contribution in [2.24, 2.45) is 5.10 Å². The highest BCUT2D eigenvalue weighted by molar-refractivity contribution is 6.04. The summed E-state index contributed by atoms with van der Waals surface area (Å²) < 4.78 is 11.1. The van der Waals surface area contributed by atoms with Crippen LogP contribution in [0, 0.1) is 10.1 Å². The van der Waals surface area contributed by atoms with Gasteiger partial charge in [-0.25, -0.2) is 10.2 Å². The number of hydrazone groups is 1. The molecule has 4 aromatic rings. The van der Waals surface area contributed by atoms with Gasteiger partial charge < -0.3 is 9.47 Å². The number of nitrogens with zero attached hydrogens (tertiary/aromatic N) is 2. The van der Waals surface area contributed by atoms with Crippen LogP contribution in [0.1, 0.15) is 33.2 Å². The molecule has 0 bridgehead atoms. The third-order valence-electron chi connectivity index (χ3n) is 5.21. The van der Waals surface area contributed by atoms with E-state index in [-0.39, 0.29) is 17.0 Å². The summed E-state index contributed by atoms with van der Waals surface area (Å²) in [5.41, 5.74) is 3.06. The lowest BCUT2D eigenvalue weighted by Gasteiger charge is -2.11. The second-order valence-corrected chi connectivity index (χ2v) is 7.55. The van der Waals surface area contributed by atoms with Crippen molar-refractivity contribution in [3.8, 4) is 11.5 Å². The number of ether oxygens (including phenoxy) is 2. The summed E-state index contributed by atoms with van der Waals surface area (Å²) in [6.07, 6.45) is 1.37. The minimum atomic E-state index is -0.622. The van der Waals surface area contributed by atoms with Crippen LogP contribution in [0.15, 0.2) is 90.0 Å². The third kappa shape index (κ3) is 5.53. The summed E-state index contributed by atoms with van der Waals surface area (Å²) in [5.74, 6) is -0.292. The highest BCUT2D eigenvalue weighted by Gasteiger charge is 2.15. The lowest BCUT2D eigenvalue weighted by molar-refractivity contribution is -0.384. The number of nitro benzene ring substituents is 1. The summed E-state index contributed by atoms with van der Waals surface area (Å²) in [4.78, 5) is 35.6. The summed E-state index contributed by atoms with van der Waals surface area (Å²) in [7, 11) is 0. The highest BCUT2D eigenvalue weighted by Crippen LogP contribution is 2.27. The molecule has 0 spiro atoms. The van der Waals surface area contributed by atoms with Crippen molar-refractivity contribution in [1.82, 2.24) is 5.43 Å². The molecule has 0 unspecified atom stereocenters. The van der Waals surface area contributed by atoms with Crippen molar-refractivity contribution in [2.75, 3.05) is 6.61 Å². The molecule has 0 heterocycles. The standard InChI is InChI=1S/C27H21N3O6/c1-2-35-22-13-10-19(11-14-22)27(32)36-25-15-12-18-6-3-4-9-23(18)24(25)17-28-29-26(31)20-7-5-8-21(16-20)30(33)34/h3-17H,2H2,1H3,(H,29,31). The minimum Gasteiger partial charge on any atom is -0.494 e. The van der Waals surface area contributed by atoms with Crippen LogP contribution in [-0.4, -0.2) is 29.6 Å². The Balaban J connectivity index is 1.58. The van der Waals surface area contributed by atoms with Crippen LogP contribution < -0.4 is 14.9 Å². The van der Waals surface area contributed by atoms with Gasteiger partial charge in [0.25, 0.3) is 11.6 Å². The lowest BCUT2D eigenvalue weighted by Crippen LogP contribution is -2.18. The second kappa shape index (κ2) is 10.9. The normalized spacial score (nSPS) is 10.8. The zero-order valence-electron chi connectivity index (χ0n) is 19.2. The van der Waals surface area contributed by atoms with Crippen molar-refractivity contribution in [2.45, 2.75) is 6.92 Å². The van der Waals surface area contributed by atoms with E-state index in [2.05, 4.69) is 10.5 Å². The van der Waals surface area contributed by atoms with Gasteiger partial charge in [0, 0.05) is 23.3 Å². The molecule has 0 aliphatic carbocycles. The maximum atomic E-state index is 12.8. The Kier molecular flexibility index (Phi) is 7.30. The molecule has 0 aliphatic rings. The molecule has 180 valence electrons. The van der Waals surface area contributed by atoms with Crippen LogP contribution in [0.25, 0.3) is 10.8 Å². The first kappa shape index (κ1) is 24.1. The number of benzene rings is 4. The van der Waals surface area contributed by atoms with Crippen LogP contribution in [0.2, 0.25) is 0 Å². The molecule has 0 saturated carbocycles. The number of nitrogens with one attached hydrogen (secondary N) is 1. The number of amides is 1. The summed E-state index contributed by atoms with van der Waals surface area (Å²) in [5, 5.41) is 16.6. The molecule has 1 N–H and O–H groups in total. The smallest absolute Gasteiger partial charge is 0.343 e. The Morgan fingerprint density at radius 1 is 0.972 bits per heavy atom. The Morgan fingerprint density at radius 2 is 1.75 bits per heavy atom. The monoisotopic (exact) mass is 483 g/mol. The Bertz CT molecular complexity index is 1460. The molecule has 1 amide bonds. The summed E-state index contributed by atoms with van der Waals surface area (Å²) in [6, 6.07) is 22.8. The number of non-ortho nitro benzene ring substituents is 1. The number of rotatable bonds is 8. The largest absolute Gasteiger partial charge is 0.494 e. The van der Waals surface area contributed by atoms with E-state index in [0.29, 0.717) is 23.5 Å². The maximum Gasteiger partial charge on any atom is 0.343 e. The van der Waals surface area contributed by atoms with Gasteiger partial charge in [0.05, 0.1) is 23.3 Å². The van der Waals surface area contributed by atoms with E-state index in [1.807, 2.05) is 37.3 Å². The number of fused-ring (bicyclic) bond motifs is 1. The van der Waals surface area contributed by atoms with Crippen LogP contribution in [-0.2, 0) is 0 Å². The molecular formula is C27H21N3O6. The van der Waals surface area contributed by atoms with Crippen molar-refractivity contribution in [3.63, 3.8) is 0 Å². The first-order chi connectivity index (χ1) is 17.5. The Morgan fingerprint density at radius 3 is 2.50 bits per heavy atom. The van der Waals surface area contributed by atoms with Crippen LogP contribution in [0.4, 0.5) is 5.69 Å². The SMILES string of the molecule is CCOc1ccc(C(=O)Oc2ccc3ccccc3c2C=NNC(=O)c2cccc([N+](=O)[O-])c2)cc1. The van der Waals surface area contributed by atoms with Crippen molar-refractivity contribution in [3.05, 3.63) is 112 Å². The Labute approximate surface area is 206 Å². The van der Waals surface area contributed by atoms with E-state index in [9.17, 15) is 19.7 Å². The zero-order valence-corrected chi connectivity index (χ0v) is 19.2. The molecule has 4 aromatic carbocycles. The number of carbonyl (C=O) groups excluding carboxylic acids is 2. The van der Waals surface area contributed by atoms with Crippen molar-refractivity contribution >= 4 is 34.6 Å². The number of carbonyl (C=O) groups is 2. The lowest BCUT2D eigenvalue weighted by atomic mass is 10.0. The molecule has 0 radical (unpaired) electrons. The van der Waals surface area contributed by atoms with E-state index in [1.165, 1.54) is 24.4 Å². The second-order valence-electron chi connectivity index (χ2n) is 7.55. The van der Waals surface area contributed by atoms with Crippen LogP contribution in [0.5, 0.6) is 11.5 Å². The van der Waals surface area contributed by atoms with Gasteiger partial charge in [-0.3, -0.25) is 14.9 Å². The van der Waals surface area contributed by atoms with E-state index in [0.717, 1.165) is 16.8 Å². The molecule has 9 nitrogen and oxygen atoms in total. The van der Waals surface area contributed by atoms with Gasteiger partial charge in [0.1, 0.15) is 11.5 Å². The average molecular weight is 483 g/mol. The topological polar surface area (TPSA) is 120 Å². The van der Waals surface area contributed by atoms with Crippen molar-refractivity contribution < 1.29 is 24.0 Å². The quantitative estimate of drug-likeness (QED) is 0.122. The highest BCUT2D eigenvalue weighted by atomic mass is 16.6. The van der Waals surface area contributed by atoms with Crippen LogP contribution >= 0.6 is 0 Å². The predicted octanol–water partition coefficient (Wildman–Crippen LogP) is 5.13. The number of hydrogen-bond acceptors (Lipinski definition) is 7. The van der Waals surface area contributed by atoms with Gasteiger partial charge >= 0.3 is 5.97 Å². The first-order valence-corrected chi connectivity index (χ1v) is 11.0. The van der Waals surface area contributed by atoms with E-state index in [1.54, 1.807) is 30.3 Å². The molecule has 0 atom stereocenters. The molecule has 0 saturated heterocycles. The fourth-order valence-electron chi connectivity index (χ4n) is 3.49. The molecular weight excluding hydrogens is 462 g/mol. The third-order valence-corrected chi connectivity index (χ3v) is 5.21. The minimum absolute atomic E-state index is 0.0846. The van der Waals surface area contributed by atoms with Gasteiger partial charge in [-0.1, -0.05) is 36.4 Å². The van der Waals surface area contributed by atoms with Gasteiger partial charge in [0.2, 0.25) is 0 Å². The van der Waals surface area contributed by atoms with Crippen molar-refractivity contribution in [1.29, 1.82) is 0 Å². The zero-order chi connectivity index (χ0) is 25.5. The molecule has 9 heteroatoms. The molecule has 4 rings (SSSR count). The van der Waals surface area contributed by atoms with E-state index >= 15 is 0 Å². The number of esters is 1. The van der Waals surface area contributed by atoms with Gasteiger partial charge in [-0.15, -0.1) is 0 Å². The fourth-order valence-corrected chi connectivity index (χ4v) is 3.49. The summed E-state index contributed by atoms with van der Waals surface area (Å²) >= 11 is 0. The van der Waals surface area contributed by atoms with Gasteiger partial charge in [-0.2, -0.15) is 5.10 Å². The maximum absolute atomic E-state index is 12.8. The fraction of sp³-hybridized carbons (Fsp3) is 0.0741. The molecule has 0 aliphatic heterocycles. The molecule has 0 aromatic heterocycles. The van der Waals surface area contributed by atoms with Gasteiger partial charge in [0.15, 0.2) is 0 Å². The van der Waals surface area contributed by atoms with Gasteiger partial charge in [-0.05, 0) is 54.1 Å². The van der Waals surface area contributed by atoms with E-state index < -0.39 is 16.8 Å². The Hall–Kier alpha value is -5.05. The van der Waals surface area contributed by atoms with Crippen LogP contribution in [0.3, 0.4) is 0 Å². The number of hydrogen-bond donors (Lipinski definition) is 1. The average Bonchev–Trinajstić information content (AvgIpc) is 2.90.